The molecule has 0 atom stereocenters. The van der Waals surface area contributed by atoms with E-state index in [1.54, 1.807) is 29.5 Å². The highest BCUT2D eigenvalue weighted by Crippen LogP contribution is 2.32. The normalized spacial score (nSPS) is 14.4. The van der Waals surface area contributed by atoms with Crippen molar-refractivity contribution in [3.8, 4) is 6.07 Å². The molecule has 1 aromatic carbocycles. The minimum absolute atomic E-state index is 0.0465. The van der Waals surface area contributed by atoms with Crippen molar-refractivity contribution in [1.82, 2.24) is 9.97 Å². The summed E-state index contributed by atoms with van der Waals surface area (Å²) in [5.74, 6) is 0.552. The maximum atomic E-state index is 12.6. The van der Waals surface area contributed by atoms with E-state index in [0.29, 0.717) is 11.4 Å². The number of hydrogen-bond acceptors (Lipinski definition) is 4. The fourth-order valence-electron chi connectivity index (χ4n) is 3.32. The lowest BCUT2D eigenvalue weighted by Crippen LogP contribution is -2.10. The lowest BCUT2D eigenvalue weighted by Gasteiger charge is -1.99. The molecule has 0 spiro atoms. The molecule has 0 unspecified atom stereocenters. The van der Waals surface area contributed by atoms with Crippen LogP contribution in [0.15, 0.2) is 29.1 Å². The summed E-state index contributed by atoms with van der Waals surface area (Å²) in [6, 6.07) is 9.46. The number of nitriles is 1. The Morgan fingerprint density at radius 3 is 2.96 bits per heavy atom. The first kappa shape index (κ1) is 15.8. The maximum Gasteiger partial charge on any atom is 0.260 e. The first-order valence-corrected chi connectivity index (χ1v) is 9.29. The Morgan fingerprint density at radius 1 is 1.20 bits per heavy atom. The Bertz CT molecular complexity index is 1070. The first-order chi connectivity index (χ1) is 12.2. The topological polar surface area (TPSA) is 69.5 Å². The van der Waals surface area contributed by atoms with Crippen molar-refractivity contribution in [3.05, 3.63) is 62.0 Å². The minimum Gasteiger partial charge on any atom is -0.306 e. The average Bonchev–Trinajstić information content (AvgIpc) is 2.82. The molecule has 4 nitrogen and oxygen atoms in total. The molecule has 4 rings (SSSR count). The highest BCUT2D eigenvalue weighted by Gasteiger charge is 2.18. The number of rotatable bonds is 2. The van der Waals surface area contributed by atoms with Gasteiger partial charge in [0.05, 0.1) is 17.0 Å². The second-order valence-corrected chi connectivity index (χ2v) is 7.35. The van der Waals surface area contributed by atoms with Gasteiger partial charge in [-0.05, 0) is 55.0 Å². The van der Waals surface area contributed by atoms with E-state index in [1.807, 2.05) is 18.2 Å². The van der Waals surface area contributed by atoms with E-state index in [0.717, 1.165) is 35.0 Å². The molecule has 1 N–H and O–H groups in total. The van der Waals surface area contributed by atoms with Crippen LogP contribution in [0.25, 0.3) is 22.4 Å². The zero-order chi connectivity index (χ0) is 17.2. The van der Waals surface area contributed by atoms with Crippen LogP contribution in [0.3, 0.4) is 0 Å². The van der Waals surface area contributed by atoms with Crippen LogP contribution >= 0.6 is 11.3 Å². The lowest BCUT2D eigenvalue weighted by molar-refractivity contribution is 0.713. The number of thiophene rings is 1. The monoisotopic (exact) mass is 347 g/mol. The molecule has 1 aliphatic rings. The minimum atomic E-state index is -0.0465. The van der Waals surface area contributed by atoms with E-state index in [2.05, 4.69) is 16.0 Å². The second-order valence-electron chi connectivity index (χ2n) is 6.27. The van der Waals surface area contributed by atoms with Crippen LogP contribution in [0.2, 0.25) is 0 Å². The van der Waals surface area contributed by atoms with Crippen molar-refractivity contribution in [1.29, 1.82) is 5.26 Å². The Kier molecular flexibility index (Phi) is 4.21. The Labute approximate surface area is 149 Å². The highest BCUT2D eigenvalue weighted by atomic mass is 32.1. The fourth-order valence-corrected chi connectivity index (χ4v) is 4.59. The molecule has 0 saturated carbocycles. The van der Waals surface area contributed by atoms with Gasteiger partial charge in [-0.1, -0.05) is 24.6 Å². The molecule has 5 heteroatoms. The summed E-state index contributed by atoms with van der Waals surface area (Å²) in [6.07, 6.45) is 9.27. The smallest absolute Gasteiger partial charge is 0.260 e. The molecular formula is C20H17N3OS. The Balaban J connectivity index is 1.73. The van der Waals surface area contributed by atoms with E-state index in [9.17, 15) is 4.79 Å². The third kappa shape index (κ3) is 3.13. The van der Waals surface area contributed by atoms with Gasteiger partial charge in [0.1, 0.15) is 10.7 Å². The molecule has 0 amide bonds. The molecule has 3 aromatic rings. The van der Waals surface area contributed by atoms with Crippen molar-refractivity contribution >= 4 is 33.7 Å². The highest BCUT2D eigenvalue weighted by molar-refractivity contribution is 7.18. The van der Waals surface area contributed by atoms with Gasteiger partial charge in [0.25, 0.3) is 5.56 Å². The van der Waals surface area contributed by atoms with Crippen molar-refractivity contribution in [2.75, 3.05) is 0 Å². The molecule has 2 aromatic heterocycles. The quantitative estimate of drug-likeness (QED) is 0.703. The predicted octanol–water partition coefficient (Wildman–Crippen LogP) is 4.30. The van der Waals surface area contributed by atoms with Crippen LogP contribution in [0.4, 0.5) is 0 Å². The van der Waals surface area contributed by atoms with Gasteiger partial charge in [-0.25, -0.2) is 4.98 Å². The van der Waals surface area contributed by atoms with Crippen LogP contribution in [0.1, 0.15) is 46.7 Å². The van der Waals surface area contributed by atoms with Gasteiger partial charge < -0.3 is 4.98 Å². The SMILES string of the molecule is N#Cc1cccc(/C=C/c2nc3sc4c(c3c(=O)[nH]2)CCCCC4)c1. The van der Waals surface area contributed by atoms with E-state index in [1.165, 1.54) is 23.3 Å². The number of fused-ring (bicyclic) bond motifs is 3. The summed E-state index contributed by atoms with van der Waals surface area (Å²) >= 11 is 1.66. The predicted molar refractivity (Wildman–Crippen MR) is 102 cm³/mol. The van der Waals surface area contributed by atoms with Crippen molar-refractivity contribution in [2.45, 2.75) is 32.1 Å². The number of benzene rings is 1. The molecule has 124 valence electrons. The first-order valence-electron chi connectivity index (χ1n) is 8.47. The van der Waals surface area contributed by atoms with Gasteiger partial charge in [0.2, 0.25) is 0 Å². The number of hydrogen-bond donors (Lipinski definition) is 1. The molecule has 0 fully saturated rings. The molecule has 0 bridgehead atoms. The standard InChI is InChI=1S/C20H17N3OS/c21-12-14-6-4-5-13(11-14)9-10-17-22-19(24)18-15-7-2-1-3-8-16(15)25-20(18)23-17/h4-6,9-11H,1-3,7-8H2,(H,22,23,24)/b10-9+. The zero-order valence-corrected chi connectivity index (χ0v) is 14.5. The van der Waals surface area contributed by atoms with Crippen molar-refractivity contribution in [2.24, 2.45) is 0 Å². The summed E-state index contributed by atoms with van der Waals surface area (Å²) in [5.41, 5.74) is 2.68. The van der Waals surface area contributed by atoms with Gasteiger partial charge in [-0.3, -0.25) is 4.79 Å². The van der Waals surface area contributed by atoms with Crippen LogP contribution in [-0.4, -0.2) is 9.97 Å². The van der Waals surface area contributed by atoms with E-state index >= 15 is 0 Å². The molecule has 0 saturated heterocycles. The second kappa shape index (κ2) is 6.66. The number of aromatic nitrogens is 2. The van der Waals surface area contributed by atoms with Gasteiger partial charge in [0, 0.05) is 4.88 Å². The molecular weight excluding hydrogens is 330 g/mol. The molecule has 2 heterocycles. The molecule has 0 radical (unpaired) electrons. The molecule has 0 aliphatic heterocycles. The molecule has 25 heavy (non-hydrogen) atoms. The van der Waals surface area contributed by atoms with Crippen LogP contribution in [0, 0.1) is 11.3 Å². The number of aryl methyl sites for hydroxylation is 2. The fraction of sp³-hybridized carbons (Fsp3) is 0.250. The van der Waals surface area contributed by atoms with Crippen LogP contribution in [-0.2, 0) is 12.8 Å². The van der Waals surface area contributed by atoms with E-state index in [4.69, 9.17) is 5.26 Å². The number of nitrogens with zero attached hydrogens (tertiary/aromatic N) is 2. The summed E-state index contributed by atoms with van der Waals surface area (Å²) < 4.78 is 0. The largest absolute Gasteiger partial charge is 0.306 e. The number of H-pyrrole nitrogens is 1. The van der Waals surface area contributed by atoms with E-state index < -0.39 is 0 Å². The van der Waals surface area contributed by atoms with Crippen LogP contribution < -0.4 is 5.56 Å². The Morgan fingerprint density at radius 2 is 2.08 bits per heavy atom. The number of aromatic amines is 1. The van der Waals surface area contributed by atoms with Gasteiger partial charge in [-0.15, -0.1) is 11.3 Å². The van der Waals surface area contributed by atoms with Gasteiger partial charge >= 0.3 is 0 Å². The Hall–Kier alpha value is -2.71. The van der Waals surface area contributed by atoms with Gasteiger partial charge in [-0.2, -0.15) is 5.26 Å². The third-order valence-corrected chi connectivity index (χ3v) is 5.73. The average molecular weight is 347 g/mol. The lowest BCUT2D eigenvalue weighted by atomic mass is 10.1. The number of nitrogens with one attached hydrogen (secondary N) is 1. The third-order valence-electron chi connectivity index (χ3n) is 4.54. The van der Waals surface area contributed by atoms with Crippen molar-refractivity contribution < 1.29 is 0 Å². The zero-order valence-electron chi connectivity index (χ0n) is 13.7. The van der Waals surface area contributed by atoms with Gasteiger partial charge in [0.15, 0.2) is 0 Å². The summed E-state index contributed by atoms with van der Waals surface area (Å²) in [5, 5.41) is 9.75. The van der Waals surface area contributed by atoms with Crippen LogP contribution in [0.5, 0.6) is 0 Å². The summed E-state index contributed by atoms with van der Waals surface area (Å²) in [7, 11) is 0. The summed E-state index contributed by atoms with van der Waals surface area (Å²) in [6.45, 7) is 0. The summed E-state index contributed by atoms with van der Waals surface area (Å²) in [4.78, 5) is 22.3. The van der Waals surface area contributed by atoms with Crippen molar-refractivity contribution in [3.63, 3.8) is 0 Å². The maximum absolute atomic E-state index is 12.6. The van der Waals surface area contributed by atoms with E-state index in [-0.39, 0.29) is 5.56 Å². The molecule has 1 aliphatic carbocycles.